The lowest BCUT2D eigenvalue weighted by Crippen LogP contribution is -2.04. The molecule has 1 aromatic carbocycles. The van der Waals surface area contributed by atoms with E-state index < -0.39 is 9.05 Å². The molecule has 0 heterocycles. The summed E-state index contributed by atoms with van der Waals surface area (Å²) in [6.07, 6.45) is 0. The predicted molar refractivity (Wildman–Crippen MR) is 62.0 cm³/mol. The maximum atomic E-state index is 11.2. The molecule has 0 atom stereocenters. The SMILES string of the molecule is COCOc1c(Cl)cc(Cl)cc1S(=O)(=O)Cl. The van der Waals surface area contributed by atoms with Gasteiger partial charge >= 0.3 is 0 Å². The van der Waals surface area contributed by atoms with Gasteiger partial charge in [-0.2, -0.15) is 0 Å². The minimum atomic E-state index is -3.99. The van der Waals surface area contributed by atoms with Gasteiger partial charge in [0.2, 0.25) is 0 Å². The zero-order valence-corrected chi connectivity index (χ0v) is 11.1. The van der Waals surface area contributed by atoms with E-state index in [1.54, 1.807) is 0 Å². The number of halogens is 3. The third kappa shape index (κ3) is 3.40. The summed E-state index contributed by atoms with van der Waals surface area (Å²) in [5.41, 5.74) is 0. The molecule has 0 aliphatic carbocycles. The van der Waals surface area contributed by atoms with E-state index in [1.165, 1.54) is 13.2 Å². The first kappa shape index (κ1) is 13.9. The highest BCUT2D eigenvalue weighted by Crippen LogP contribution is 2.36. The highest BCUT2D eigenvalue weighted by atomic mass is 35.7. The summed E-state index contributed by atoms with van der Waals surface area (Å²) in [5.74, 6) is -0.0806. The minimum absolute atomic E-state index is 0.0452. The average molecular weight is 306 g/mol. The first-order valence-electron chi connectivity index (χ1n) is 3.91. The first-order chi connectivity index (χ1) is 7.36. The van der Waals surface area contributed by atoms with Crippen LogP contribution in [0, 0.1) is 0 Å². The Kier molecular flexibility index (Phi) is 4.70. The largest absolute Gasteiger partial charge is 0.465 e. The van der Waals surface area contributed by atoms with Crippen LogP contribution in [0.25, 0.3) is 0 Å². The van der Waals surface area contributed by atoms with Crippen LogP contribution >= 0.6 is 33.9 Å². The van der Waals surface area contributed by atoms with Gasteiger partial charge in [-0.1, -0.05) is 23.2 Å². The van der Waals surface area contributed by atoms with E-state index in [-0.39, 0.29) is 27.5 Å². The molecule has 1 aromatic rings. The Morgan fingerprint density at radius 3 is 2.44 bits per heavy atom. The molecule has 1 rings (SSSR count). The molecular formula is C8H7Cl3O4S. The average Bonchev–Trinajstić information content (AvgIpc) is 2.14. The lowest BCUT2D eigenvalue weighted by Gasteiger charge is -2.10. The number of hydrogen-bond acceptors (Lipinski definition) is 4. The van der Waals surface area contributed by atoms with Crippen molar-refractivity contribution < 1.29 is 17.9 Å². The van der Waals surface area contributed by atoms with Crippen molar-refractivity contribution >= 4 is 42.9 Å². The number of methoxy groups -OCH3 is 1. The van der Waals surface area contributed by atoms with E-state index in [0.717, 1.165) is 6.07 Å². The van der Waals surface area contributed by atoms with Gasteiger partial charge in [0.05, 0.1) is 5.02 Å². The van der Waals surface area contributed by atoms with Gasteiger partial charge in [0.25, 0.3) is 9.05 Å². The maximum Gasteiger partial charge on any atom is 0.265 e. The van der Waals surface area contributed by atoms with Gasteiger partial charge in [0, 0.05) is 22.8 Å². The molecular weight excluding hydrogens is 299 g/mol. The molecule has 4 nitrogen and oxygen atoms in total. The van der Waals surface area contributed by atoms with Crippen molar-refractivity contribution in [1.82, 2.24) is 0 Å². The van der Waals surface area contributed by atoms with Crippen LogP contribution in [0.5, 0.6) is 5.75 Å². The summed E-state index contributed by atoms with van der Waals surface area (Å²) < 4.78 is 32.2. The highest BCUT2D eigenvalue weighted by molar-refractivity contribution is 8.13. The molecule has 0 spiro atoms. The number of rotatable bonds is 4. The van der Waals surface area contributed by atoms with Crippen LogP contribution in [0.2, 0.25) is 10.0 Å². The summed E-state index contributed by atoms with van der Waals surface area (Å²) in [4.78, 5) is -0.288. The fourth-order valence-corrected chi connectivity index (χ4v) is 2.65. The van der Waals surface area contributed by atoms with E-state index in [2.05, 4.69) is 4.74 Å². The van der Waals surface area contributed by atoms with Gasteiger partial charge in [-0.25, -0.2) is 8.42 Å². The Labute approximate surface area is 107 Å². The standard InChI is InChI=1S/C8H7Cl3O4S/c1-14-4-15-8-6(10)2-5(9)3-7(8)16(11,12)13/h2-3H,4H2,1H3. The monoisotopic (exact) mass is 304 g/mol. The normalized spacial score (nSPS) is 11.5. The van der Waals surface area contributed by atoms with E-state index >= 15 is 0 Å². The summed E-state index contributed by atoms with van der Waals surface area (Å²) in [6.45, 7) is -0.152. The molecule has 0 amide bonds. The Hall–Kier alpha value is -0.200. The summed E-state index contributed by atoms with van der Waals surface area (Å²) in [6, 6.07) is 2.50. The second-order valence-electron chi connectivity index (χ2n) is 2.70. The van der Waals surface area contributed by atoms with Gasteiger partial charge in [-0.15, -0.1) is 0 Å². The second-order valence-corrected chi connectivity index (χ2v) is 6.08. The van der Waals surface area contributed by atoms with E-state index in [4.69, 9.17) is 38.6 Å². The molecule has 0 radical (unpaired) electrons. The molecule has 0 unspecified atom stereocenters. The van der Waals surface area contributed by atoms with Crippen molar-refractivity contribution in [1.29, 1.82) is 0 Å². The number of benzene rings is 1. The van der Waals surface area contributed by atoms with Crippen LogP contribution in [0.15, 0.2) is 17.0 Å². The maximum absolute atomic E-state index is 11.2. The molecule has 90 valence electrons. The molecule has 0 aliphatic heterocycles. The van der Waals surface area contributed by atoms with Crippen molar-refractivity contribution in [3.05, 3.63) is 22.2 Å². The van der Waals surface area contributed by atoms with Crippen LogP contribution in [0.1, 0.15) is 0 Å². The smallest absolute Gasteiger partial charge is 0.265 e. The number of ether oxygens (including phenoxy) is 2. The molecule has 16 heavy (non-hydrogen) atoms. The van der Waals surface area contributed by atoms with Crippen molar-refractivity contribution in [2.75, 3.05) is 13.9 Å². The fourth-order valence-electron chi connectivity index (χ4n) is 0.976. The predicted octanol–water partition coefficient (Wildman–Crippen LogP) is 2.90. The van der Waals surface area contributed by atoms with Crippen molar-refractivity contribution in [2.24, 2.45) is 0 Å². The second kappa shape index (κ2) is 5.42. The van der Waals surface area contributed by atoms with Gasteiger partial charge in [0.15, 0.2) is 12.5 Å². The minimum Gasteiger partial charge on any atom is -0.465 e. The topological polar surface area (TPSA) is 52.6 Å². The molecule has 8 heteroatoms. The first-order valence-corrected chi connectivity index (χ1v) is 6.98. The van der Waals surface area contributed by atoms with Gasteiger partial charge in [-0.3, -0.25) is 0 Å². The molecule has 0 aromatic heterocycles. The van der Waals surface area contributed by atoms with Crippen LogP contribution in [-0.2, 0) is 13.8 Å². The fraction of sp³-hybridized carbons (Fsp3) is 0.250. The van der Waals surface area contributed by atoms with Crippen LogP contribution in [0.4, 0.5) is 0 Å². The number of hydrogen-bond donors (Lipinski definition) is 0. The van der Waals surface area contributed by atoms with Crippen molar-refractivity contribution in [3.63, 3.8) is 0 Å². The van der Waals surface area contributed by atoms with Crippen LogP contribution in [0.3, 0.4) is 0 Å². The lowest BCUT2D eigenvalue weighted by atomic mass is 10.3. The Morgan fingerprint density at radius 1 is 1.31 bits per heavy atom. The third-order valence-electron chi connectivity index (χ3n) is 1.56. The third-order valence-corrected chi connectivity index (χ3v) is 3.38. The van der Waals surface area contributed by atoms with Gasteiger partial charge < -0.3 is 9.47 Å². The molecule has 0 saturated heterocycles. The Morgan fingerprint density at radius 2 is 1.94 bits per heavy atom. The molecule has 0 bridgehead atoms. The quantitative estimate of drug-likeness (QED) is 0.634. The van der Waals surface area contributed by atoms with E-state index in [9.17, 15) is 8.42 Å². The van der Waals surface area contributed by atoms with E-state index in [1.807, 2.05) is 0 Å². The summed E-state index contributed by atoms with van der Waals surface area (Å²) in [5, 5.41) is 0.192. The zero-order chi connectivity index (χ0) is 12.3. The summed E-state index contributed by atoms with van der Waals surface area (Å²) >= 11 is 11.5. The molecule has 0 aliphatic rings. The highest BCUT2D eigenvalue weighted by Gasteiger charge is 2.21. The molecule has 0 N–H and O–H groups in total. The zero-order valence-electron chi connectivity index (χ0n) is 8.04. The molecule has 0 saturated carbocycles. The Bertz CT molecular complexity index is 486. The van der Waals surface area contributed by atoms with Crippen molar-refractivity contribution in [2.45, 2.75) is 4.90 Å². The van der Waals surface area contributed by atoms with Gasteiger partial charge in [-0.05, 0) is 12.1 Å². The van der Waals surface area contributed by atoms with E-state index in [0.29, 0.717) is 0 Å². The van der Waals surface area contributed by atoms with Crippen molar-refractivity contribution in [3.8, 4) is 5.75 Å². The molecule has 0 fully saturated rings. The van der Waals surface area contributed by atoms with Crippen LogP contribution in [-0.4, -0.2) is 22.3 Å². The Balaban J connectivity index is 3.33. The summed E-state index contributed by atoms with van der Waals surface area (Å²) in [7, 11) is 2.62. The van der Waals surface area contributed by atoms with Crippen LogP contribution < -0.4 is 4.74 Å². The van der Waals surface area contributed by atoms with Gasteiger partial charge in [0.1, 0.15) is 4.90 Å². The lowest BCUT2D eigenvalue weighted by molar-refractivity contribution is 0.0491.